The highest BCUT2D eigenvalue weighted by Crippen LogP contribution is 2.28. The van der Waals surface area contributed by atoms with Gasteiger partial charge < -0.3 is 15.7 Å². The Morgan fingerprint density at radius 2 is 1.81 bits per heavy atom. The third kappa shape index (κ3) is 4.48. The molecule has 0 unspecified atom stereocenters. The number of nitrogens with one attached hydrogen (secondary N) is 2. The molecule has 0 spiro atoms. The number of amides is 2. The molecule has 1 aliphatic carbocycles. The molecule has 0 saturated heterocycles. The van der Waals surface area contributed by atoms with Crippen molar-refractivity contribution in [3.05, 3.63) is 35.4 Å². The summed E-state index contributed by atoms with van der Waals surface area (Å²) in [5.41, 5.74) is 1.47. The maximum absolute atomic E-state index is 12.0. The number of carboxylic acids is 1. The highest BCUT2D eigenvalue weighted by molar-refractivity contribution is 5.75. The zero-order chi connectivity index (χ0) is 15.3. The zero-order valence-electron chi connectivity index (χ0n) is 12.3. The van der Waals surface area contributed by atoms with Gasteiger partial charge >= 0.3 is 12.0 Å². The van der Waals surface area contributed by atoms with Crippen LogP contribution in [0.4, 0.5) is 4.79 Å². The van der Waals surface area contributed by atoms with Crippen molar-refractivity contribution >= 4 is 12.0 Å². The molecule has 0 radical (unpaired) electrons. The molecule has 0 atom stereocenters. The highest BCUT2D eigenvalue weighted by atomic mass is 16.4. The van der Waals surface area contributed by atoms with Gasteiger partial charge in [0, 0.05) is 12.1 Å². The molecule has 1 saturated carbocycles. The molecule has 1 fully saturated rings. The van der Waals surface area contributed by atoms with E-state index in [2.05, 4.69) is 17.6 Å². The second-order valence-corrected chi connectivity index (χ2v) is 5.91. The number of rotatable bonds is 5. The predicted molar refractivity (Wildman–Crippen MR) is 80.0 cm³/mol. The maximum atomic E-state index is 12.0. The number of hydrogen-bond acceptors (Lipinski definition) is 2. The highest BCUT2D eigenvalue weighted by Gasteiger charge is 2.29. The van der Waals surface area contributed by atoms with Gasteiger partial charge in [0.1, 0.15) is 0 Å². The Morgan fingerprint density at radius 1 is 1.19 bits per heavy atom. The second-order valence-electron chi connectivity index (χ2n) is 5.91. The van der Waals surface area contributed by atoms with Gasteiger partial charge in [-0.1, -0.05) is 37.1 Å². The lowest BCUT2D eigenvalue weighted by atomic mass is 10.0. The molecule has 1 aliphatic rings. The largest absolute Gasteiger partial charge is 0.481 e. The van der Waals surface area contributed by atoms with E-state index in [9.17, 15) is 9.59 Å². The molecule has 5 nitrogen and oxygen atoms in total. The van der Waals surface area contributed by atoms with Crippen LogP contribution in [0.2, 0.25) is 0 Å². The lowest BCUT2D eigenvalue weighted by Gasteiger charge is -2.25. The second kappa shape index (κ2) is 6.61. The predicted octanol–water partition coefficient (Wildman–Crippen LogP) is 2.45. The molecular weight excluding hydrogens is 268 g/mol. The molecular formula is C16H22N2O3. The van der Waals surface area contributed by atoms with Crippen LogP contribution in [0.5, 0.6) is 0 Å². The Morgan fingerprint density at radius 3 is 2.43 bits per heavy atom. The van der Waals surface area contributed by atoms with Crippen LogP contribution in [0.15, 0.2) is 24.3 Å². The number of hydrogen-bond donors (Lipinski definition) is 3. The minimum atomic E-state index is -0.870. The first-order valence-corrected chi connectivity index (χ1v) is 7.33. The average Bonchev–Trinajstić information content (AvgIpc) is 2.83. The van der Waals surface area contributed by atoms with Gasteiger partial charge in [-0.15, -0.1) is 0 Å². The Kier molecular flexibility index (Phi) is 4.83. The molecule has 2 rings (SSSR count). The molecule has 114 valence electrons. The number of carbonyl (C=O) groups excluding carboxylic acids is 1. The fraction of sp³-hybridized carbons (Fsp3) is 0.500. The lowest BCUT2D eigenvalue weighted by molar-refractivity contribution is -0.136. The summed E-state index contributed by atoms with van der Waals surface area (Å²) < 4.78 is 0. The summed E-state index contributed by atoms with van der Waals surface area (Å²) in [7, 11) is 0. The van der Waals surface area contributed by atoms with E-state index in [1.807, 2.05) is 12.1 Å². The van der Waals surface area contributed by atoms with Crippen LogP contribution in [0.25, 0.3) is 0 Å². The van der Waals surface area contributed by atoms with Gasteiger partial charge in [0.2, 0.25) is 0 Å². The minimum absolute atomic E-state index is 0.0306. The van der Waals surface area contributed by atoms with Gasteiger partial charge in [-0.25, -0.2) is 4.79 Å². The van der Waals surface area contributed by atoms with Crippen LogP contribution in [-0.2, 0) is 17.8 Å². The first-order chi connectivity index (χ1) is 9.98. The van der Waals surface area contributed by atoms with Gasteiger partial charge in [0.15, 0.2) is 0 Å². The van der Waals surface area contributed by atoms with E-state index in [0.29, 0.717) is 6.54 Å². The summed E-state index contributed by atoms with van der Waals surface area (Å²) in [6, 6.07) is 7.08. The molecule has 21 heavy (non-hydrogen) atoms. The molecule has 5 heteroatoms. The van der Waals surface area contributed by atoms with Crippen molar-refractivity contribution in [1.29, 1.82) is 0 Å². The van der Waals surface area contributed by atoms with E-state index in [-0.39, 0.29) is 18.0 Å². The number of aliphatic carboxylic acids is 1. The smallest absolute Gasteiger partial charge is 0.315 e. The molecule has 0 aromatic heterocycles. The first kappa shape index (κ1) is 15.4. The molecule has 1 aromatic carbocycles. The minimum Gasteiger partial charge on any atom is -0.481 e. The van der Waals surface area contributed by atoms with Crippen LogP contribution in [-0.4, -0.2) is 22.6 Å². The lowest BCUT2D eigenvalue weighted by Crippen LogP contribution is -2.48. The summed E-state index contributed by atoms with van der Waals surface area (Å²) >= 11 is 0. The summed E-state index contributed by atoms with van der Waals surface area (Å²) in [6.45, 7) is 2.41. The van der Waals surface area contributed by atoms with E-state index in [1.165, 1.54) is 0 Å². The van der Waals surface area contributed by atoms with Crippen molar-refractivity contribution in [3.63, 3.8) is 0 Å². The zero-order valence-corrected chi connectivity index (χ0v) is 12.3. The van der Waals surface area contributed by atoms with E-state index in [1.54, 1.807) is 12.1 Å². The SMILES string of the molecule is CC1(NC(=O)NCc2ccccc2CC(=O)O)CCCC1. The monoisotopic (exact) mass is 290 g/mol. The van der Waals surface area contributed by atoms with Crippen molar-refractivity contribution in [2.24, 2.45) is 0 Å². The fourth-order valence-electron chi connectivity index (χ4n) is 2.84. The topological polar surface area (TPSA) is 78.4 Å². The van der Waals surface area contributed by atoms with Crippen molar-refractivity contribution < 1.29 is 14.7 Å². The van der Waals surface area contributed by atoms with E-state index >= 15 is 0 Å². The number of benzene rings is 1. The molecule has 1 aromatic rings. The van der Waals surface area contributed by atoms with Crippen molar-refractivity contribution in [1.82, 2.24) is 10.6 Å². The van der Waals surface area contributed by atoms with Crippen LogP contribution in [0.1, 0.15) is 43.7 Å². The van der Waals surface area contributed by atoms with Crippen molar-refractivity contribution in [2.45, 2.75) is 51.1 Å². The van der Waals surface area contributed by atoms with Crippen LogP contribution in [0, 0.1) is 0 Å². The summed E-state index contributed by atoms with van der Waals surface area (Å²) in [5.74, 6) is -0.870. The van der Waals surface area contributed by atoms with Gasteiger partial charge in [-0.05, 0) is 30.9 Å². The maximum Gasteiger partial charge on any atom is 0.315 e. The molecule has 0 bridgehead atoms. The molecule has 0 aliphatic heterocycles. The normalized spacial score (nSPS) is 16.4. The molecule has 3 N–H and O–H groups in total. The van der Waals surface area contributed by atoms with Gasteiger partial charge in [-0.2, -0.15) is 0 Å². The standard InChI is InChI=1S/C16H22N2O3/c1-16(8-4-5-9-16)18-15(21)17-11-13-7-3-2-6-12(13)10-14(19)20/h2-3,6-7H,4-5,8-11H2,1H3,(H,19,20)(H2,17,18,21). The quantitative estimate of drug-likeness (QED) is 0.779. The van der Waals surface area contributed by atoms with E-state index < -0.39 is 5.97 Å². The van der Waals surface area contributed by atoms with Crippen LogP contribution < -0.4 is 10.6 Å². The Balaban J connectivity index is 1.90. The van der Waals surface area contributed by atoms with Crippen LogP contribution >= 0.6 is 0 Å². The van der Waals surface area contributed by atoms with E-state index in [4.69, 9.17) is 5.11 Å². The number of carbonyl (C=O) groups is 2. The molecule has 2 amide bonds. The van der Waals surface area contributed by atoms with E-state index in [0.717, 1.165) is 36.8 Å². The summed E-state index contributed by atoms with van der Waals surface area (Å²) in [6.07, 6.45) is 4.29. The Bertz CT molecular complexity index is 522. The first-order valence-electron chi connectivity index (χ1n) is 7.33. The van der Waals surface area contributed by atoms with Crippen LogP contribution in [0.3, 0.4) is 0 Å². The summed E-state index contributed by atoms with van der Waals surface area (Å²) in [5, 5.41) is 14.7. The van der Waals surface area contributed by atoms with Crippen molar-refractivity contribution in [2.75, 3.05) is 0 Å². The number of urea groups is 1. The van der Waals surface area contributed by atoms with Crippen molar-refractivity contribution in [3.8, 4) is 0 Å². The average molecular weight is 290 g/mol. The Labute approximate surface area is 124 Å². The van der Waals surface area contributed by atoms with Gasteiger partial charge in [0.05, 0.1) is 6.42 Å². The third-order valence-corrected chi connectivity index (χ3v) is 4.02. The fourth-order valence-corrected chi connectivity index (χ4v) is 2.84. The summed E-state index contributed by atoms with van der Waals surface area (Å²) in [4.78, 5) is 22.8. The Hall–Kier alpha value is -2.04. The van der Waals surface area contributed by atoms with Gasteiger partial charge in [-0.3, -0.25) is 4.79 Å². The molecule has 0 heterocycles. The third-order valence-electron chi connectivity index (χ3n) is 4.02. The van der Waals surface area contributed by atoms with Gasteiger partial charge in [0.25, 0.3) is 0 Å². The number of carboxylic acid groups (broad SMARTS) is 1.